The summed E-state index contributed by atoms with van der Waals surface area (Å²) in [4.78, 5) is 21.2. The number of hydrogen-bond donors (Lipinski definition) is 1. The van der Waals surface area contributed by atoms with E-state index in [1.54, 1.807) is 17.6 Å². The largest absolute Gasteiger partial charge is 0.494 e. The highest BCUT2D eigenvalue weighted by atomic mass is 19.1. The Hall–Kier alpha value is -3.94. The summed E-state index contributed by atoms with van der Waals surface area (Å²) in [6, 6.07) is 11.7. The van der Waals surface area contributed by atoms with Crippen molar-refractivity contribution in [1.29, 1.82) is 0 Å². The molecule has 202 valence electrons. The summed E-state index contributed by atoms with van der Waals surface area (Å²) in [6.45, 7) is 3.52. The molecular weight excluding hydrogens is 503 g/mol. The van der Waals surface area contributed by atoms with Crippen LogP contribution in [0.25, 0.3) is 11.1 Å². The Labute approximate surface area is 225 Å². The second-order valence-electron chi connectivity index (χ2n) is 10.3. The summed E-state index contributed by atoms with van der Waals surface area (Å²) in [7, 11) is 0. The molecular formula is C31H30F3N3O2. The normalized spacial score (nSPS) is 14.0. The van der Waals surface area contributed by atoms with Gasteiger partial charge in [0.15, 0.2) is 0 Å². The molecule has 4 aromatic rings. The quantitative estimate of drug-likeness (QED) is 0.244. The van der Waals surface area contributed by atoms with Crippen LogP contribution in [0.5, 0.6) is 5.88 Å². The summed E-state index contributed by atoms with van der Waals surface area (Å²) >= 11 is 0. The molecule has 5 nitrogen and oxygen atoms in total. The lowest BCUT2D eigenvalue weighted by atomic mass is 9.98. The molecule has 1 N–H and O–H groups in total. The number of pyridine rings is 1. The minimum absolute atomic E-state index is 0.110. The highest BCUT2D eigenvalue weighted by molar-refractivity contribution is 5.66. The van der Waals surface area contributed by atoms with E-state index in [1.165, 1.54) is 18.3 Å². The van der Waals surface area contributed by atoms with Crippen molar-refractivity contribution in [2.24, 2.45) is 5.92 Å². The lowest BCUT2D eigenvalue weighted by molar-refractivity contribution is 0.367. The van der Waals surface area contributed by atoms with Gasteiger partial charge in [-0.25, -0.2) is 13.8 Å². The second kappa shape index (κ2) is 11.0. The predicted octanol–water partition coefficient (Wildman–Crippen LogP) is 6.67. The number of aromatic nitrogens is 3. The first-order valence-corrected chi connectivity index (χ1v) is 13.2. The van der Waals surface area contributed by atoms with E-state index >= 15 is 0 Å². The van der Waals surface area contributed by atoms with Crippen molar-refractivity contribution in [3.8, 4) is 17.0 Å². The van der Waals surface area contributed by atoms with E-state index in [0.29, 0.717) is 41.3 Å². The molecule has 0 aliphatic heterocycles. The summed E-state index contributed by atoms with van der Waals surface area (Å²) in [6.07, 6.45) is 5.52. The molecule has 0 bridgehead atoms. The molecule has 8 heteroatoms. The second-order valence-corrected chi connectivity index (χ2v) is 10.3. The van der Waals surface area contributed by atoms with Gasteiger partial charge in [0.2, 0.25) is 11.8 Å². The van der Waals surface area contributed by atoms with Crippen LogP contribution >= 0.6 is 0 Å². The van der Waals surface area contributed by atoms with Gasteiger partial charge in [0.05, 0.1) is 11.6 Å². The Morgan fingerprint density at radius 1 is 1.05 bits per heavy atom. The monoisotopic (exact) mass is 533 g/mol. The van der Waals surface area contributed by atoms with Gasteiger partial charge < -0.3 is 5.11 Å². The molecule has 1 saturated carbocycles. The molecule has 1 aliphatic rings. The average Bonchev–Trinajstić information content (AvgIpc) is 3.73. The fourth-order valence-corrected chi connectivity index (χ4v) is 5.16. The molecule has 1 aliphatic carbocycles. The van der Waals surface area contributed by atoms with Gasteiger partial charge in [-0.15, -0.1) is 0 Å². The van der Waals surface area contributed by atoms with E-state index in [4.69, 9.17) is 0 Å². The van der Waals surface area contributed by atoms with Gasteiger partial charge in [0.1, 0.15) is 17.5 Å². The Balaban J connectivity index is 1.53. The van der Waals surface area contributed by atoms with E-state index < -0.39 is 29.2 Å². The van der Waals surface area contributed by atoms with Gasteiger partial charge in [-0.2, -0.15) is 9.37 Å². The van der Waals surface area contributed by atoms with Crippen LogP contribution in [-0.4, -0.2) is 19.6 Å². The van der Waals surface area contributed by atoms with Crippen molar-refractivity contribution in [1.82, 2.24) is 14.5 Å². The van der Waals surface area contributed by atoms with Crippen LogP contribution in [0.2, 0.25) is 0 Å². The fraction of sp³-hybridized carbons (Fsp3) is 0.323. The van der Waals surface area contributed by atoms with Crippen molar-refractivity contribution < 1.29 is 18.3 Å². The van der Waals surface area contributed by atoms with Gasteiger partial charge in [-0.1, -0.05) is 44.0 Å². The molecule has 5 rings (SSSR count). The smallest absolute Gasteiger partial charge is 0.280 e. The van der Waals surface area contributed by atoms with E-state index in [1.807, 2.05) is 31.2 Å². The number of hydrogen-bond acceptors (Lipinski definition) is 4. The van der Waals surface area contributed by atoms with Crippen LogP contribution in [-0.2, 0) is 12.8 Å². The van der Waals surface area contributed by atoms with Crippen LogP contribution in [0.15, 0.2) is 59.5 Å². The van der Waals surface area contributed by atoms with Crippen molar-refractivity contribution in [3.63, 3.8) is 0 Å². The maximum Gasteiger partial charge on any atom is 0.280 e. The van der Waals surface area contributed by atoms with Crippen molar-refractivity contribution >= 4 is 0 Å². The molecule has 2 aromatic heterocycles. The zero-order valence-corrected chi connectivity index (χ0v) is 21.9. The van der Waals surface area contributed by atoms with Crippen LogP contribution in [0.4, 0.5) is 13.2 Å². The number of aromatic hydroxyl groups is 1. The highest BCUT2D eigenvalue weighted by Gasteiger charge is 2.27. The van der Waals surface area contributed by atoms with E-state index in [9.17, 15) is 23.1 Å². The molecule has 2 heterocycles. The number of nitrogens with zero attached hydrogens (tertiary/aromatic N) is 3. The van der Waals surface area contributed by atoms with Crippen LogP contribution in [0.3, 0.4) is 0 Å². The first kappa shape index (κ1) is 26.7. The Kier molecular flexibility index (Phi) is 7.55. The maximum absolute atomic E-state index is 14.1. The molecule has 0 radical (unpaired) electrons. The Morgan fingerprint density at radius 2 is 1.74 bits per heavy atom. The van der Waals surface area contributed by atoms with Crippen molar-refractivity contribution in [2.75, 3.05) is 0 Å². The maximum atomic E-state index is 14.1. The molecule has 39 heavy (non-hydrogen) atoms. The molecule has 2 aromatic carbocycles. The van der Waals surface area contributed by atoms with Gasteiger partial charge in [-0.3, -0.25) is 9.36 Å². The lowest BCUT2D eigenvalue weighted by Gasteiger charge is -2.25. The minimum atomic E-state index is -0.707. The Morgan fingerprint density at radius 3 is 2.38 bits per heavy atom. The van der Waals surface area contributed by atoms with E-state index in [-0.39, 0.29) is 17.9 Å². The number of rotatable bonds is 9. The first-order chi connectivity index (χ1) is 18.7. The predicted molar refractivity (Wildman–Crippen MR) is 143 cm³/mol. The average molecular weight is 534 g/mol. The number of aryl methyl sites for hydroxylation is 1. The third-order valence-corrected chi connectivity index (χ3v) is 7.49. The molecule has 0 unspecified atom stereocenters. The van der Waals surface area contributed by atoms with Crippen molar-refractivity contribution in [2.45, 2.75) is 58.4 Å². The van der Waals surface area contributed by atoms with Crippen LogP contribution < -0.4 is 5.56 Å². The first-order valence-electron chi connectivity index (χ1n) is 13.2. The minimum Gasteiger partial charge on any atom is -0.494 e. The topological polar surface area (TPSA) is 68.0 Å². The third-order valence-electron chi connectivity index (χ3n) is 7.49. The number of benzene rings is 2. The summed E-state index contributed by atoms with van der Waals surface area (Å²) in [5.74, 6) is -1.20. The number of halogens is 3. The summed E-state index contributed by atoms with van der Waals surface area (Å²) in [5.41, 5.74) is 2.66. The summed E-state index contributed by atoms with van der Waals surface area (Å²) in [5, 5.41) is 11.5. The van der Waals surface area contributed by atoms with E-state index in [2.05, 4.69) is 9.97 Å². The summed E-state index contributed by atoms with van der Waals surface area (Å²) < 4.78 is 43.8. The van der Waals surface area contributed by atoms with Gasteiger partial charge in [0.25, 0.3) is 5.56 Å². The molecule has 0 spiro atoms. The SMILES string of the molecule is CC[C@@H](c1cc(F)cc(F)c1)n1c(CCC2CC2)nc(=O)c(Cc2ccc(-c3ccnc(F)c3C)cc2)c1O. The molecule has 0 amide bonds. The fourth-order valence-electron chi connectivity index (χ4n) is 5.16. The van der Waals surface area contributed by atoms with Crippen LogP contribution in [0.1, 0.15) is 66.7 Å². The van der Waals surface area contributed by atoms with Gasteiger partial charge in [0, 0.05) is 30.7 Å². The molecule has 1 atom stereocenters. The highest BCUT2D eigenvalue weighted by Crippen LogP contribution is 2.36. The van der Waals surface area contributed by atoms with Gasteiger partial charge in [-0.05, 0) is 66.1 Å². The third kappa shape index (κ3) is 5.75. The molecule has 1 fully saturated rings. The lowest BCUT2D eigenvalue weighted by Crippen LogP contribution is -2.26. The zero-order chi connectivity index (χ0) is 27.7. The zero-order valence-electron chi connectivity index (χ0n) is 21.9. The standard InChI is InChI=1S/C31H30F3N3O2/c1-3-27(22-15-23(32)17-24(33)16-22)37-28(11-8-19-4-5-19)36-30(38)26(31(37)39)14-20-6-9-21(10-7-20)25-12-13-35-29(34)18(25)2/h6-7,9-10,12-13,15-17,19,27,39H,3-5,8,11,14H2,1-2H3/t27-/m0/s1. The molecule has 0 saturated heterocycles. The van der Waals surface area contributed by atoms with E-state index in [0.717, 1.165) is 36.5 Å². The van der Waals surface area contributed by atoms with Gasteiger partial charge >= 0.3 is 0 Å². The van der Waals surface area contributed by atoms with Crippen molar-refractivity contribution in [3.05, 3.63) is 111 Å². The Bertz CT molecular complexity index is 1540. The van der Waals surface area contributed by atoms with Crippen LogP contribution in [0, 0.1) is 30.4 Å².